The van der Waals surface area contributed by atoms with Crippen LogP contribution in [0, 0.1) is 6.92 Å². The summed E-state index contributed by atoms with van der Waals surface area (Å²) < 4.78 is 5.70. The number of aliphatic hydroxyl groups is 1. The van der Waals surface area contributed by atoms with Crippen LogP contribution in [0.1, 0.15) is 28.5 Å². The predicted octanol–water partition coefficient (Wildman–Crippen LogP) is 3.74. The number of rotatable bonds is 4. The molecular formula is C13H14ClNO2S. The lowest BCUT2D eigenvalue weighted by Crippen LogP contribution is -2.00. The smallest absolute Gasteiger partial charge is 0.125 e. The van der Waals surface area contributed by atoms with E-state index in [-0.39, 0.29) is 0 Å². The van der Waals surface area contributed by atoms with Gasteiger partial charge in [0.25, 0.3) is 0 Å². The van der Waals surface area contributed by atoms with Crippen molar-refractivity contribution in [2.75, 3.05) is 0 Å². The molecule has 1 atom stereocenters. The van der Waals surface area contributed by atoms with E-state index < -0.39 is 6.10 Å². The topological polar surface area (TPSA) is 42.4 Å². The first kappa shape index (κ1) is 13.3. The first-order valence-electron chi connectivity index (χ1n) is 5.58. The average Bonchev–Trinajstić information content (AvgIpc) is 2.73. The minimum Gasteiger partial charge on any atom is -0.488 e. The number of aromatic nitrogens is 1. The summed E-state index contributed by atoms with van der Waals surface area (Å²) in [6.45, 7) is 4.10. The molecule has 0 radical (unpaired) electrons. The highest BCUT2D eigenvalue weighted by Gasteiger charge is 2.10. The van der Waals surface area contributed by atoms with Gasteiger partial charge in [0.2, 0.25) is 0 Å². The largest absolute Gasteiger partial charge is 0.488 e. The van der Waals surface area contributed by atoms with Crippen molar-refractivity contribution in [2.45, 2.75) is 26.6 Å². The molecule has 18 heavy (non-hydrogen) atoms. The lowest BCUT2D eigenvalue weighted by molar-refractivity contribution is 0.190. The second-order valence-electron chi connectivity index (χ2n) is 3.99. The van der Waals surface area contributed by atoms with E-state index in [2.05, 4.69) is 4.98 Å². The van der Waals surface area contributed by atoms with Crippen LogP contribution in [0.4, 0.5) is 0 Å². The highest BCUT2D eigenvalue weighted by atomic mass is 35.5. The van der Waals surface area contributed by atoms with Gasteiger partial charge in [-0.05, 0) is 32.0 Å². The fourth-order valence-corrected chi connectivity index (χ4v) is 2.49. The molecule has 0 aliphatic rings. The van der Waals surface area contributed by atoms with Gasteiger partial charge < -0.3 is 9.84 Å². The monoisotopic (exact) mass is 283 g/mol. The van der Waals surface area contributed by atoms with Crippen molar-refractivity contribution in [3.63, 3.8) is 0 Å². The molecule has 0 amide bonds. The molecule has 0 saturated heterocycles. The summed E-state index contributed by atoms with van der Waals surface area (Å²) in [5, 5.41) is 11.3. The van der Waals surface area contributed by atoms with Gasteiger partial charge in [-0.2, -0.15) is 0 Å². The first-order chi connectivity index (χ1) is 8.56. The number of aryl methyl sites for hydroxylation is 1. The van der Waals surface area contributed by atoms with Crippen LogP contribution >= 0.6 is 22.9 Å². The maximum Gasteiger partial charge on any atom is 0.125 e. The summed E-state index contributed by atoms with van der Waals surface area (Å²) in [5.74, 6) is 0.653. The lowest BCUT2D eigenvalue weighted by atomic mass is 10.1. The summed E-state index contributed by atoms with van der Waals surface area (Å²) in [4.78, 5) is 5.22. The van der Waals surface area contributed by atoms with Gasteiger partial charge in [-0.25, -0.2) is 4.98 Å². The van der Waals surface area contributed by atoms with Crippen LogP contribution in [0.2, 0.25) is 5.02 Å². The van der Waals surface area contributed by atoms with E-state index >= 15 is 0 Å². The van der Waals surface area contributed by atoms with E-state index in [0.717, 1.165) is 9.88 Å². The second kappa shape index (κ2) is 5.69. The fraction of sp³-hybridized carbons (Fsp3) is 0.308. The summed E-state index contributed by atoms with van der Waals surface area (Å²) in [6, 6.07) is 5.25. The number of hydrogen-bond acceptors (Lipinski definition) is 4. The molecule has 1 aromatic heterocycles. The van der Waals surface area contributed by atoms with Crippen molar-refractivity contribution >= 4 is 22.9 Å². The Morgan fingerprint density at radius 3 is 2.89 bits per heavy atom. The number of hydrogen-bond donors (Lipinski definition) is 1. The van der Waals surface area contributed by atoms with Crippen molar-refractivity contribution in [1.29, 1.82) is 0 Å². The maximum atomic E-state index is 9.68. The van der Waals surface area contributed by atoms with Crippen LogP contribution in [0.3, 0.4) is 0 Å². The Morgan fingerprint density at radius 1 is 1.50 bits per heavy atom. The molecular weight excluding hydrogens is 270 g/mol. The molecule has 5 heteroatoms. The lowest BCUT2D eigenvalue weighted by Gasteiger charge is -2.13. The summed E-state index contributed by atoms with van der Waals surface area (Å²) in [5.41, 5.74) is 0.698. The van der Waals surface area contributed by atoms with Gasteiger partial charge in [-0.15, -0.1) is 11.3 Å². The van der Waals surface area contributed by atoms with Crippen molar-refractivity contribution < 1.29 is 9.84 Å². The Morgan fingerprint density at radius 2 is 2.28 bits per heavy atom. The van der Waals surface area contributed by atoms with Crippen LogP contribution in [-0.4, -0.2) is 10.1 Å². The third-order valence-electron chi connectivity index (χ3n) is 2.46. The van der Waals surface area contributed by atoms with E-state index in [1.54, 1.807) is 42.7 Å². The second-order valence-corrected chi connectivity index (χ2v) is 5.75. The summed E-state index contributed by atoms with van der Waals surface area (Å²) in [7, 11) is 0. The third-order valence-corrected chi connectivity index (χ3v) is 3.58. The van der Waals surface area contributed by atoms with E-state index in [4.69, 9.17) is 16.3 Å². The van der Waals surface area contributed by atoms with Gasteiger partial charge in [0.1, 0.15) is 12.4 Å². The first-order valence-corrected chi connectivity index (χ1v) is 6.77. The number of halogens is 1. The van der Waals surface area contributed by atoms with Crippen LogP contribution in [0.5, 0.6) is 5.75 Å². The minimum absolute atomic E-state index is 0.451. The number of aliphatic hydroxyl groups excluding tert-OH is 1. The zero-order valence-electron chi connectivity index (χ0n) is 10.2. The van der Waals surface area contributed by atoms with Crippen LogP contribution in [0.25, 0.3) is 0 Å². The highest BCUT2D eigenvalue weighted by molar-refractivity contribution is 7.11. The van der Waals surface area contributed by atoms with Gasteiger partial charge in [-0.3, -0.25) is 0 Å². The third kappa shape index (κ3) is 3.22. The van der Waals surface area contributed by atoms with Crippen molar-refractivity contribution in [2.24, 2.45) is 0 Å². The van der Waals surface area contributed by atoms with Gasteiger partial charge in [-0.1, -0.05) is 11.6 Å². The molecule has 3 nitrogen and oxygen atoms in total. The Labute approximate surface area is 115 Å². The van der Waals surface area contributed by atoms with Crippen LogP contribution in [0.15, 0.2) is 24.4 Å². The van der Waals surface area contributed by atoms with Gasteiger partial charge in [0, 0.05) is 16.8 Å². The number of thiazole rings is 1. The standard InChI is InChI=1S/C13H14ClNO2S/c1-8(16)12-5-10(14)3-4-13(12)17-7-11-6-15-9(2)18-11/h3-6,8,16H,7H2,1-2H3/t8-/m1/s1. The number of nitrogens with zero attached hydrogens (tertiary/aromatic N) is 1. The zero-order valence-corrected chi connectivity index (χ0v) is 11.8. The number of benzene rings is 1. The molecule has 0 aliphatic carbocycles. The molecule has 1 aromatic carbocycles. The fourth-order valence-electron chi connectivity index (χ4n) is 1.60. The molecule has 2 rings (SSSR count). The van der Waals surface area contributed by atoms with Crippen molar-refractivity contribution in [3.05, 3.63) is 44.9 Å². The van der Waals surface area contributed by atoms with E-state index in [1.807, 2.05) is 6.92 Å². The van der Waals surface area contributed by atoms with Crippen LogP contribution < -0.4 is 4.74 Å². The Hall–Kier alpha value is -1.10. The molecule has 96 valence electrons. The maximum absolute atomic E-state index is 9.68. The van der Waals surface area contributed by atoms with E-state index in [9.17, 15) is 5.11 Å². The Balaban J connectivity index is 2.13. The molecule has 0 unspecified atom stereocenters. The summed E-state index contributed by atoms with van der Waals surface area (Å²) in [6.07, 6.45) is 1.19. The van der Waals surface area contributed by atoms with E-state index in [1.165, 1.54) is 0 Å². The molecule has 0 bridgehead atoms. The van der Waals surface area contributed by atoms with Gasteiger partial charge in [0.05, 0.1) is 16.0 Å². The zero-order chi connectivity index (χ0) is 13.1. The van der Waals surface area contributed by atoms with Crippen molar-refractivity contribution in [1.82, 2.24) is 4.98 Å². The van der Waals surface area contributed by atoms with Gasteiger partial charge in [0.15, 0.2) is 0 Å². The molecule has 2 aromatic rings. The van der Waals surface area contributed by atoms with Gasteiger partial charge >= 0.3 is 0 Å². The minimum atomic E-state index is -0.609. The quantitative estimate of drug-likeness (QED) is 0.929. The molecule has 0 fully saturated rings. The Kier molecular flexibility index (Phi) is 4.22. The number of ether oxygens (including phenoxy) is 1. The van der Waals surface area contributed by atoms with Crippen LogP contribution in [-0.2, 0) is 6.61 Å². The summed E-state index contributed by atoms with van der Waals surface area (Å²) >= 11 is 7.51. The molecule has 0 spiro atoms. The molecule has 0 aliphatic heterocycles. The highest BCUT2D eigenvalue weighted by Crippen LogP contribution is 2.29. The predicted molar refractivity (Wildman–Crippen MR) is 73.3 cm³/mol. The van der Waals surface area contributed by atoms with Crippen molar-refractivity contribution in [3.8, 4) is 5.75 Å². The molecule has 1 N–H and O–H groups in total. The van der Waals surface area contributed by atoms with E-state index in [0.29, 0.717) is 22.9 Å². The normalized spacial score (nSPS) is 12.4. The Bertz CT molecular complexity index is 540. The average molecular weight is 284 g/mol. The SMILES string of the molecule is Cc1ncc(COc2ccc(Cl)cc2[C@@H](C)O)s1. The molecule has 1 heterocycles. The molecule has 0 saturated carbocycles.